The van der Waals surface area contributed by atoms with Crippen molar-refractivity contribution in [3.05, 3.63) is 85.8 Å². The number of hydrogen-bond donors (Lipinski definition) is 2. The van der Waals surface area contributed by atoms with Gasteiger partial charge >= 0.3 is 5.97 Å². The number of carboxylic acid groups (broad SMARTS) is 1. The molecule has 2 unspecified atom stereocenters. The van der Waals surface area contributed by atoms with Gasteiger partial charge in [0.25, 0.3) is 11.5 Å². The highest BCUT2D eigenvalue weighted by Crippen LogP contribution is 2.34. The Balaban J connectivity index is 1.71. The first-order chi connectivity index (χ1) is 22.0. The van der Waals surface area contributed by atoms with E-state index in [1.54, 1.807) is 37.8 Å². The van der Waals surface area contributed by atoms with E-state index < -0.39 is 53.5 Å². The normalized spacial score (nSPS) is 16.0. The van der Waals surface area contributed by atoms with Crippen LogP contribution in [-0.2, 0) is 16.0 Å². The molecule has 1 saturated heterocycles. The molecule has 8 nitrogen and oxygen atoms in total. The van der Waals surface area contributed by atoms with Crippen LogP contribution in [0.15, 0.2) is 35.1 Å². The number of likely N-dealkylation sites (tertiary alicyclic amines) is 1. The van der Waals surface area contributed by atoms with Gasteiger partial charge in [-0.15, -0.1) is 0 Å². The Kier molecular flexibility index (Phi) is 10.9. The lowest BCUT2D eigenvalue weighted by Gasteiger charge is -2.26. The molecule has 2 aromatic carbocycles. The number of halogens is 4. The summed E-state index contributed by atoms with van der Waals surface area (Å²) in [5.74, 6) is -5.96. The number of carbonyl (C=O) groups is 2. The fourth-order valence-corrected chi connectivity index (χ4v) is 6.32. The number of carboxylic acids is 1. The van der Waals surface area contributed by atoms with E-state index in [1.807, 2.05) is 13.8 Å². The Labute approximate surface area is 271 Å². The molecule has 254 valence electrons. The molecule has 3 aromatic rings. The number of amides is 1. The second kappa shape index (κ2) is 14.4. The number of alkyl halides is 2. The molecule has 0 aliphatic carbocycles. The summed E-state index contributed by atoms with van der Waals surface area (Å²) in [4.78, 5) is 41.0. The lowest BCUT2D eigenvalue weighted by atomic mass is 9.90. The highest BCUT2D eigenvalue weighted by atomic mass is 19.3. The van der Waals surface area contributed by atoms with Gasteiger partial charge in [-0.1, -0.05) is 13.8 Å². The molecule has 0 saturated carbocycles. The van der Waals surface area contributed by atoms with Crippen LogP contribution >= 0.6 is 0 Å². The molecule has 4 rings (SSSR count). The van der Waals surface area contributed by atoms with Gasteiger partial charge in [-0.2, -0.15) is 5.10 Å². The summed E-state index contributed by atoms with van der Waals surface area (Å²) in [5, 5.41) is 16.9. The first-order valence-corrected chi connectivity index (χ1v) is 15.7. The van der Waals surface area contributed by atoms with Crippen LogP contribution < -0.4 is 10.9 Å². The van der Waals surface area contributed by atoms with Crippen molar-refractivity contribution in [2.24, 2.45) is 5.92 Å². The molecule has 1 amide bonds. The predicted octanol–water partition coefficient (Wildman–Crippen LogP) is 6.23. The van der Waals surface area contributed by atoms with Crippen molar-refractivity contribution in [2.75, 3.05) is 19.6 Å². The Bertz CT molecular complexity index is 1700. The second-order valence-corrected chi connectivity index (χ2v) is 13.1. The van der Waals surface area contributed by atoms with Gasteiger partial charge in [0, 0.05) is 37.1 Å². The summed E-state index contributed by atoms with van der Waals surface area (Å²) in [6, 6.07) is 4.87. The maximum Gasteiger partial charge on any atom is 0.305 e. The number of hydrogen-bond acceptors (Lipinski definition) is 5. The lowest BCUT2D eigenvalue weighted by molar-refractivity contribution is -0.138. The van der Waals surface area contributed by atoms with Crippen molar-refractivity contribution in [1.29, 1.82) is 0 Å². The van der Waals surface area contributed by atoms with E-state index in [0.717, 1.165) is 4.68 Å². The number of aryl methyl sites for hydroxylation is 4. The van der Waals surface area contributed by atoms with Gasteiger partial charge in [0.15, 0.2) is 0 Å². The first-order valence-electron chi connectivity index (χ1n) is 15.7. The summed E-state index contributed by atoms with van der Waals surface area (Å²) < 4.78 is 58.3. The van der Waals surface area contributed by atoms with E-state index >= 15 is 4.39 Å². The maximum absolute atomic E-state index is 15.8. The van der Waals surface area contributed by atoms with Crippen LogP contribution in [0, 0.1) is 45.2 Å². The highest BCUT2D eigenvalue weighted by molar-refractivity contribution is 5.82. The zero-order valence-electron chi connectivity index (χ0n) is 27.6. The Morgan fingerprint density at radius 1 is 1.00 bits per heavy atom. The number of carbonyl (C=O) groups excluding carboxylic acids is 1. The van der Waals surface area contributed by atoms with Crippen LogP contribution in [0.2, 0.25) is 0 Å². The number of aromatic nitrogens is 2. The minimum absolute atomic E-state index is 0.0603. The molecule has 47 heavy (non-hydrogen) atoms. The average molecular weight is 659 g/mol. The number of rotatable bonds is 12. The molecule has 1 aliphatic heterocycles. The van der Waals surface area contributed by atoms with Gasteiger partial charge in [-0.3, -0.25) is 19.3 Å². The van der Waals surface area contributed by atoms with Gasteiger partial charge in [0.2, 0.25) is 5.91 Å². The van der Waals surface area contributed by atoms with Crippen molar-refractivity contribution < 1.29 is 32.3 Å². The second-order valence-electron chi connectivity index (χ2n) is 13.1. The lowest BCUT2D eigenvalue weighted by Crippen LogP contribution is -2.42. The molecule has 0 bridgehead atoms. The Morgan fingerprint density at radius 3 is 2.23 bits per heavy atom. The number of aliphatic carboxylic acids is 1. The summed E-state index contributed by atoms with van der Waals surface area (Å²) in [7, 11) is 0. The molecule has 1 fully saturated rings. The van der Waals surface area contributed by atoms with Crippen LogP contribution in [-0.4, -0.2) is 57.2 Å². The molecule has 0 radical (unpaired) electrons. The van der Waals surface area contributed by atoms with Gasteiger partial charge in [0.1, 0.15) is 17.7 Å². The first kappa shape index (κ1) is 35.8. The average Bonchev–Trinajstić information content (AvgIpc) is 3.31. The van der Waals surface area contributed by atoms with Crippen LogP contribution in [0.5, 0.6) is 0 Å². The van der Waals surface area contributed by atoms with Crippen LogP contribution in [0.25, 0.3) is 11.1 Å². The molecular formula is C35H42F4N4O4. The molecule has 0 spiro atoms. The van der Waals surface area contributed by atoms with Gasteiger partial charge in [-0.05, 0) is 98.2 Å². The summed E-state index contributed by atoms with van der Waals surface area (Å²) in [6.45, 7) is 10.4. The van der Waals surface area contributed by atoms with E-state index in [-0.39, 0.29) is 49.4 Å². The fourth-order valence-electron chi connectivity index (χ4n) is 6.32. The van der Waals surface area contributed by atoms with Crippen LogP contribution in [0.4, 0.5) is 17.6 Å². The summed E-state index contributed by atoms with van der Waals surface area (Å²) in [5.41, 5.74) is 2.79. The smallest absolute Gasteiger partial charge is 0.305 e. The number of benzene rings is 2. The molecule has 12 heteroatoms. The standard InChI is InChI=1S/C35H42F4N4O4/c1-19(2)11-29(43-34(47)23(6)15-26(41-43)7-9-42-10-8-35(38,39)18-42)33(46)40-28(17-30(44)45)27-16-24(12-22(5)32(27)37)31-20(3)13-25(36)14-21(31)4/h12-16,19,28-29H,7-11,17-18H2,1-6H3,(H,40,46)(H,44,45). The quantitative estimate of drug-likeness (QED) is 0.224. The van der Waals surface area contributed by atoms with Crippen molar-refractivity contribution in [1.82, 2.24) is 20.0 Å². The third-order valence-electron chi connectivity index (χ3n) is 8.53. The van der Waals surface area contributed by atoms with Crippen LogP contribution in [0.1, 0.15) is 78.7 Å². The van der Waals surface area contributed by atoms with E-state index in [1.165, 1.54) is 25.1 Å². The van der Waals surface area contributed by atoms with Crippen molar-refractivity contribution in [2.45, 2.75) is 85.2 Å². The third kappa shape index (κ3) is 8.65. The minimum Gasteiger partial charge on any atom is -0.481 e. The zero-order valence-corrected chi connectivity index (χ0v) is 27.6. The van der Waals surface area contributed by atoms with Crippen LogP contribution in [0.3, 0.4) is 0 Å². The van der Waals surface area contributed by atoms with E-state index in [9.17, 15) is 32.7 Å². The third-order valence-corrected chi connectivity index (χ3v) is 8.53. The topological polar surface area (TPSA) is 105 Å². The number of nitrogens with one attached hydrogen (secondary N) is 1. The largest absolute Gasteiger partial charge is 0.481 e. The highest BCUT2D eigenvalue weighted by Gasteiger charge is 2.38. The van der Waals surface area contributed by atoms with Gasteiger partial charge in [0.05, 0.1) is 24.7 Å². The molecule has 2 heterocycles. The van der Waals surface area contributed by atoms with E-state index in [0.29, 0.717) is 40.1 Å². The molecule has 2 N–H and O–H groups in total. The number of nitrogens with zero attached hydrogens (tertiary/aromatic N) is 3. The summed E-state index contributed by atoms with van der Waals surface area (Å²) >= 11 is 0. The van der Waals surface area contributed by atoms with E-state index in [2.05, 4.69) is 10.4 Å². The van der Waals surface area contributed by atoms with Gasteiger partial charge in [-0.25, -0.2) is 22.2 Å². The Hall–Kier alpha value is -4.06. The zero-order chi connectivity index (χ0) is 34.8. The minimum atomic E-state index is -2.75. The summed E-state index contributed by atoms with van der Waals surface area (Å²) in [6.07, 6.45) is -0.438. The van der Waals surface area contributed by atoms with E-state index in [4.69, 9.17) is 0 Å². The maximum atomic E-state index is 15.8. The SMILES string of the molecule is Cc1cc(-c2c(C)cc(F)cc2C)cc(C(CC(=O)O)NC(=O)C(CC(C)C)n2nc(CCN3CCC(F)(F)C3)cc(C)c2=O)c1F. The van der Waals surface area contributed by atoms with Crippen molar-refractivity contribution in [3.8, 4) is 11.1 Å². The molecular weight excluding hydrogens is 616 g/mol. The van der Waals surface area contributed by atoms with Crippen molar-refractivity contribution >= 4 is 11.9 Å². The van der Waals surface area contributed by atoms with Gasteiger partial charge < -0.3 is 10.4 Å². The Morgan fingerprint density at radius 2 is 1.66 bits per heavy atom. The molecule has 1 aromatic heterocycles. The predicted molar refractivity (Wildman–Crippen MR) is 171 cm³/mol. The fraction of sp³-hybridized carbons (Fsp3) is 0.486. The van der Waals surface area contributed by atoms with Crippen molar-refractivity contribution in [3.63, 3.8) is 0 Å². The molecule has 1 aliphatic rings. The monoisotopic (exact) mass is 658 g/mol. The molecule has 2 atom stereocenters.